The van der Waals surface area contributed by atoms with Gasteiger partial charge < -0.3 is 9.84 Å². The highest BCUT2D eigenvalue weighted by molar-refractivity contribution is 5.85. The fourth-order valence-corrected chi connectivity index (χ4v) is 13.1. The summed E-state index contributed by atoms with van der Waals surface area (Å²) in [7, 11) is 1.60. The van der Waals surface area contributed by atoms with Gasteiger partial charge in [0.25, 0.3) is 0 Å². The van der Waals surface area contributed by atoms with Crippen molar-refractivity contribution in [1.82, 2.24) is 4.90 Å². The first-order valence-corrected chi connectivity index (χ1v) is 17.4. The van der Waals surface area contributed by atoms with Crippen molar-refractivity contribution in [2.45, 2.75) is 124 Å². The smallest absolute Gasteiger partial charge is 0.312 e. The van der Waals surface area contributed by atoms with Crippen molar-refractivity contribution < 1.29 is 14.6 Å². The van der Waals surface area contributed by atoms with Gasteiger partial charge in [0.05, 0.1) is 19.1 Å². The molecule has 0 amide bonds. The third kappa shape index (κ3) is 4.47. The maximum Gasteiger partial charge on any atom is 0.312 e. The Bertz CT molecular complexity index is 1180. The van der Waals surface area contributed by atoms with Gasteiger partial charge in [0.15, 0.2) is 0 Å². The van der Waals surface area contributed by atoms with Crippen molar-refractivity contribution in [1.29, 1.82) is 0 Å². The average molecular weight is 614 g/mol. The first kappa shape index (κ1) is 33.3. The molecule has 0 radical (unpaired) electrons. The predicted octanol–water partition coefficient (Wildman–Crippen LogP) is 8.07. The van der Waals surface area contributed by atoms with E-state index in [0.717, 1.165) is 64.6 Å². The fourth-order valence-electron chi connectivity index (χ4n) is 13.1. The lowest BCUT2D eigenvalue weighted by molar-refractivity contribution is -0.256. The molecule has 0 unspecified atom stereocenters. The van der Waals surface area contributed by atoms with Crippen LogP contribution in [0.2, 0.25) is 0 Å². The normalized spacial score (nSPS) is 48.3. The number of carbonyl (C=O) groups is 1. The number of aliphatic hydroxyl groups is 1. The molecule has 4 nitrogen and oxygen atoms in total. The number of esters is 1. The molecule has 1 saturated heterocycles. The highest BCUT2D eigenvalue weighted by Crippen LogP contribution is 2.78. The highest BCUT2D eigenvalue weighted by atomic mass is 35.5. The van der Waals surface area contributed by atoms with Crippen LogP contribution in [0.25, 0.3) is 0 Å². The first-order chi connectivity index (χ1) is 19.7. The molecule has 0 bridgehead atoms. The number of carbonyl (C=O) groups excluding carboxylic acids is 1. The van der Waals surface area contributed by atoms with E-state index in [0.29, 0.717) is 29.6 Å². The van der Waals surface area contributed by atoms with Gasteiger partial charge in [0.1, 0.15) is 5.60 Å². The molecule has 10 atom stereocenters. The minimum absolute atomic E-state index is 0. The summed E-state index contributed by atoms with van der Waals surface area (Å²) in [6.07, 6.45) is 13.3. The fraction of sp³-hybridized carbons (Fsp3) is 0.868. The van der Waals surface area contributed by atoms with E-state index in [9.17, 15) is 9.90 Å². The van der Waals surface area contributed by atoms with Crippen LogP contribution in [0, 0.1) is 68.5 Å². The molecule has 5 aliphatic carbocycles. The number of hydrogen-bond acceptors (Lipinski definition) is 4. The van der Waals surface area contributed by atoms with Crippen LogP contribution in [0.5, 0.6) is 0 Å². The summed E-state index contributed by atoms with van der Waals surface area (Å²) in [5, 5.41) is 12.2. The van der Waals surface area contributed by atoms with Crippen molar-refractivity contribution >= 4 is 18.4 Å². The van der Waals surface area contributed by atoms with E-state index < -0.39 is 5.60 Å². The molecule has 1 aliphatic heterocycles. The molecule has 242 valence electrons. The molecule has 1 heterocycles. The molecule has 0 aromatic rings. The number of rotatable bonds is 3. The first-order valence-electron chi connectivity index (χ1n) is 17.4. The Morgan fingerprint density at radius 1 is 0.907 bits per heavy atom. The van der Waals surface area contributed by atoms with Crippen LogP contribution in [-0.4, -0.2) is 48.3 Å². The summed E-state index contributed by atoms with van der Waals surface area (Å²) in [6, 6.07) is 0. The molecular weight excluding hydrogens is 554 g/mol. The van der Waals surface area contributed by atoms with Crippen LogP contribution >= 0.6 is 12.4 Å². The second-order valence-corrected chi connectivity index (χ2v) is 17.2. The predicted molar refractivity (Wildman–Crippen MR) is 177 cm³/mol. The molecule has 43 heavy (non-hydrogen) atoms. The van der Waals surface area contributed by atoms with Gasteiger partial charge >= 0.3 is 5.97 Å². The Kier molecular flexibility index (Phi) is 8.57. The van der Waals surface area contributed by atoms with Gasteiger partial charge in [-0.15, -0.1) is 12.4 Å². The van der Waals surface area contributed by atoms with Crippen LogP contribution in [0.1, 0.15) is 119 Å². The van der Waals surface area contributed by atoms with Gasteiger partial charge in [-0.05, 0) is 143 Å². The Morgan fingerprint density at radius 2 is 1.60 bits per heavy atom. The van der Waals surface area contributed by atoms with E-state index in [4.69, 9.17) is 4.74 Å². The van der Waals surface area contributed by atoms with Gasteiger partial charge in [-0.2, -0.15) is 0 Å². The van der Waals surface area contributed by atoms with E-state index in [-0.39, 0.29) is 45.5 Å². The molecule has 5 heteroatoms. The van der Waals surface area contributed by atoms with Gasteiger partial charge in [-0.25, -0.2) is 0 Å². The standard InChI is InChI=1S/C38H59NO3.ClH/c1-26(2)27-14-18-37(32(40)42-8)21-20-35(6)28(31(27)37)12-13-30-34(5)19-22-38(41,16-11-25-39-23-9-10-24-39)33(3,4)29(34)15-17-36(30,35)7;/h27-31,41H,1,9-10,12-15,17-25H2,2-8H3;1H/t27-,28+,29-,30+,31+,34-,35+,36+,37-,38-;/m0./s1. The van der Waals surface area contributed by atoms with E-state index in [1.54, 1.807) is 7.11 Å². The Morgan fingerprint density at radius 3 is 2.26 bits per heavy atom. The third-order valence-electron chi connectivity index (χ3n) is 15.7. The van der Waals surface area contributed by atoms with Gasteiger partial charge in [-0.1, -0.05) is 58.6 Å². The molecule has 6 aliphatic rings. The van der Waals surface area contributed by atoms with Crippen molar-refractivity contribution in [2.24, 2.45) is 56.7 Å². The Balaban J connectivity index is 0.00000368. The summed E-state index contributed by atoms with van der Waals surface area (Å²) in [5.74, 6) is 9.34. The number of hydrogen-bond donors (Lipinski definition) is 1. The minimum atomic E-state index is -0.921. The number of fused-ring (bicyclic) bond motifs is 7. The number of nitrogens with zero attached hydrogens (tertiary/aromatic N) is 1. The van der Waals surface area contributed by atoms with E-state index in [1.165, 1.54) is 37.7 Å². The maximum atomic E-state index is 13.5. The monoisotopic (exact) mass is 613 g/mol. The molecule has 1 N–H and O–H groups in total. The molecule has 0 aromatic carbocycles. The summed E-state index contributed by atoms with van der Waals surface area (Å²) >= 11 is 0. The second kappa shape index (κ2) is 11.1. The summed E-state index contributed by atoms with van der Waals surface area (Å²) < 4.78 is 5.55. The largest absolute Gasteiger partial charge is 0.469 e. The van der Waals surface area contributed by atoms with Crippen molar-refractivity contribution in [3.8, 4) is 11.8 Å². The Hall–Kier alpha value is -1.02. The lowest BCUT2D eigenvalue weighted by Crippen LogP contribution is -2.68. The SMILES string of the molecule is C=C(C)[C@@H]1CC[C@]2(C(=O)OC)CC[C@]3(C)[C@H](CC[C@@H]4[C@@]5(C)CC[C@@](O)(C#CCN6CCCC6)C(C)(C)[C@@H]5CC[C@]43C)[C@@H]12.Cl. The zero-order valence-corrected chi connectivity index (χ0v) is 29.1. The molecule has 6 rings (SSSR count). The number of methoxy groups -OCH3 is 1. The van der Waals surface area contributed by atoms with Crippen LogP contribution in [-0.2, 0) is 9.53 Å². The van der Waals surface area contributed by atoms with Crippen LogP contribution in [0.3, 0.4) is 0 Å². The van der Waals surface area contributed by atoms with E-state index in [1.807, 2.05) is 0 Å². The molecular formula is C38H60ClNO3. The Labute approximate surface area is 268 Å². The van der Waals surface area contributed by atoms with E-state index in [2.05, 4.69) is 64.9 Å². The van der Waals surface area contributed by atoms with Crippen molar-refractivity contribution in [3.63, 3.8) is 0 Å². The number of allylic oxidation sites excluding steroid dienone is 1. The van der Waals surface area contributed by atoms with Crippen LogP contribution < -0.4 is 0 Å². The number of likely N-dealkylation sites (tertiary alicyclic amines) is 1. The van der Waals surface area contributed by atoms with Crippen LogP contribution in [0.4, 0.5) is 0 Å². The summed E-state index contributed by atoms with van der Waals surface area (Å²) in [5.41, 5.74) is 0.362. The second-order valence-electron chi connectivity index (χ2n) is 17.2. The number of halogens is 1. The average Bonchev–Trinajstić information content (AvgIpc) is 3.60. The van der Waals surface area contributed by atoms with E-state index >= 15 is 0 Å². The zero-order chi connectivity index (χ0) is 30.3. The summed E-state index contributed by atoms with van der Waals surface area (Å²) in [6.45, 7) is 22.3. The summed E-state index contributed by atoms with van der Waals surface area (Å²) in [4.78, 5) is 15.9. The van der Waals surface area contributed by atoms with Crippen molar-refractivity contribution in [2.75, 3.05) is 26.7 Å². The quantitative estimate of drug-likeness (QED) is 0.199. The molecule has 6 fully saturated rings. The third-order valence-corrected chi connectivity index (χ3v) is 15.7. The maximum absolute atomic E-state index is 13.5. The number of ether oxygens (including phenoxy) is 1. The van der Waals surface area contributed by atoms with Crippen molar-refractivity contribution in [3.05, 3.63) is 12.2 Å². The van der Waals surface area contributed by atoms with Gasteiger partial charge in [0.2, 0.25) is 0 Å². The molecule has 0 spiro atoms. The highest BCUT2D eigenvalue weighted by Gasteiger charge is 2.73. The zero-order valence-electron chi connectivity index (χ0n) is 28.3. The molecule has 5 saturated carbocycles. The minimum Gasteiger partial charge on any atom is -0.469 e. The van der Waals surface area contributed by atoms with Crippen LogP contribution in [0.15, 0.2) is 12.2 Å². The topological polar surface area (TPSA) is 49.8 Å². The van der Waals surface area contributed by atoms with Gasteiger partial charge in [0, 0.05) is 5.41 Å². The lowest BCUT2D eigenvalue weighted by Gasteiger charge is -2.73. The van der Waals surface area contributed by atoms with Gasteiger partial charge in [-0.3, -0.25) is 9.69 Å². The lowest BCUT2D eigenvalue weighted by atomic mass is 9.31. The molecule has 0 aromatic heterocycles.